The molecule has 0 fully saturated rings. The Morgan fingerprint density at radius 1 is 1.22 bits per heavy atom. The van der Waals surface area contributed by atoms with Gasteiger partial charge in [-0.25, -0.2) is 4.39 Å². The summed E-state index contributed by atoms with van der Waals surface area (Å²) in [6.07, 6.45) is 0. The molecule has 0 atom stereocenters. The van der Waals surface area contributed by atoms with E-state index in [4.69, 9.17) is 23.2 Å². The van der Waals surface area contributed by atoms with Crippen molar-refractivity contribution < 1.29 is 4.39 Å². The third-order valence-corrected chi connectivity index (χ3v) is 2.73. The summed E-state index contributed by atoms with van der Waals surface area (Å²) in [5.74, 6) is 0.0773. The maximum absolute atomic E-state index is 13.5. The summed E-state index contributed by atoms with van der Waals surface area (Å²) >= 11 is 11.5. The number of nitrogens with zero attached hydrogens (tertiary/aromatic N) is 4. The summed E-state index contributed by atoms with van der Waals surface area (Å²) in [4.78, 5) is 5.62. The van der Waals surface area contributed by atoms with Crippen LogP contribution in [0.15, 0.2) is 24.3 Å². The van der Waals surface area contributed by atoms with Crippen molar-refractivity contribution in [2.45, 2.75) is 6.54 Å². The van der Waals surface area contributed by atoms with Gasteiger partial charge in [-0.05, 0) is 17.7 Å². The van der Waals surface area contributed by atoms with Crippen molar-refractivity contribution in [2.75, 3.05) is 11.9 Å². The first kappa shape index (κ1) is 13.0. The quantitative estimate of drug-likeness (QED) is 0.870. The molecule has 94 valence electrons. The number of hydrogen-bond acceptors (Lipinski definition) is 4. The number of hydrogen-bond donors (Lipinski definition) is 0. The molecule has 0 spiro atoms. The van der Waals surface area contributed by atoms with Gasteiger partial charge in [0.15, 0.2) is 11.0 Å². The van der Waals surface area contributed by atoms with Gasteiger partial charge in [-0.1, -0.05) is 29.8 Å². The minimum Gasteiger partial charge on any atom is -0.353 e. The fourth-order valence-corrected chi connectivity index (χ4v) is 1.83. The molecule has 18 heavy (non-hydrogen) atoms. The zero-order valence-corrected chi connectivity index (χ0v) is 11.0. The summed E-state index contributed by atoms with van der Waals surface area (Å²) in [6, 6.07) is 6.49. The van der Waals surface area contributed by atoms with Gasteiger partial charge in [0.25, 0.3) is 0 Å². The second-order valence-corrected chi connectivity index (χ2v) is 4.34. The van der Waals surface area contributed by atoms with Crippen LogP contribution in [0.2, 0.25) is 10.4 Å². The van der Waals surface area contributed by atoms with Crippen LogP contribution in [-0.4, -0.2) is 22.2 Å². The Morgan fingerprint density at radius 3 is 2.67 bits per heavy atom. The molecule has 0 amide bonds. The van der Waals surface area contributed by atoms with Crippen LogP contribution in [0, 0.1) is 5.82 Å². The van der Waals surface area contributed by atoms with Crippen LogP contribution in [0.25, 0.3) is 0 Å². The highest BCUT2D eigenvalue weighted by atomic mass is 35.5. The fourth-order valence-electron chi connectivity index (χ4n) is 1.49. The highest BCUT2D eigenvalue weighted by molar-refractivity contribution is 6.32. The number of anilines is 1. The molecule has 1 aromatic heterocycles. The summed E-state index contributed by atoms with van der Waals surface area (Å²) < 4.78 is 13.5. The molecule has 0 radical (unpaired) electrons. The van der Waals surface area contributed by atoms with E-state index in [2.05, 4.69) is 15.2 Å². The molecule has 0 saturated heterocycles. The average molecular weight is 287 g/mol. The Hall–Kier alpha value is -1.46. The Kier molecular flexibility index (Phi) is 3.93. The van der Waals surface area contributed by atoms with Gasteiger partial charge in [0.2, 0.25) is 5.28 Å². The van der Waals surface area contributed by atoms with Gasteiger partial charge >= 0.3 is 0 Å². The van der Waals surface area contributed by atoms with Crippen molar-refractivity contribution in [3.63, 3.8) is 0 Å². The smallest absolute Gasteiger partial charge is 0.245 e. The van der Waals surface area contributed by atoms with Gasteiger partial charge in [0.05, 0.1) is 0 Å². The molecule has 0 saturated carbocycles. The molecule has 0 N–H and O–H groups in total. The summed E-state index contributed by atoms with van der Waals surface area (Å²) in [5, 5.41) is 7.29. The molecule has 1 heterocycles. The zero-order valence-electron chi connectivity index (χ0n) is 9.44. The molecule has 2 rings (SSSR count). The minimum absolute atomic E-state index is 0.00483. The van der Waals surface area contributed by atoms with Crippen LogP contribution < -0.4 is 4.90 Å². The zero-order chi connectivity index (χ0) is 13.1. The molecule has 7 heteroatoms. The largest absolute Gasteiger partial charge is 0.353 e. The van der Waals surface area contributed by atoms with E-state index in [0.29, 0.717) is 17.9 Å². The van der Waals surface area contributed by atoms with Gasteiger partial charge in [-0.15, -0.1) is 10.2 Å². The van der Waals surface area contributed by atoms with Gasteiger partial charge < -0.3 is 4.90 Å². The second kappa shape index (κ2) is 5.46. The summed E-state index contributed by atoms with van der Waals surface area (Å²) in [7, 11) is 1.72. The van der Waals surface area contributed by atoms with E-state index in [1.165, 1.54) is 6.07 Å². The lowest BCUT2D eigenvalue weighted by Crippen LogP contribution is -2.19. The lowest BCUT2D eigenvalue weighted by molar-refractivity contribution is 0.607. The van der Waals surface area contributed by atoms with E-state index in [0.717, 1.165) is 0 Å². The number of rotatable bonds is 3. The van der Waals surface area contributed by atoms with Crippen molar-refractivity contribution in [2.24, 2.45) is 0 Å². The number of aromatic nitrogens is 3. The van der Waals surface area contributed by atoms with E-state index in [1.807, 2.05) is 0 Å². The normalized spacial score (nSPS) is 10.4. The van der Waals surface area contributed by atoms with Gasteiger partial charge in [0.1, 0.15) is 5.82 Å². The van der Waals surface area contributed by atoms with Crippen molar-refractivity contribution in [3.8, 4) is 0 Å². The first-order valence-corrected chi connectivity index (χ1v) is 5.84. The van der Waals surface area contributed by atoms with Crippen LogP contribution >= 0.6 is 23.2 Å². The van der Waals surface area contributed by atoms with Crippen LogP contribution in [0.1, 0.15) is 5.56 Å². The molecule has 1 aromatic carbocycles. The first-order chi connectivity index (χ1) is 8.58. The predicted octanol–water partition coefficient (Wildman–Crippen LogP) is 2.95. The monoisotopic (exact) mass is 286 g/mol. The van der Waals surface area contributed by atoms with E-state index in [-0.39, 0.29) is 16.3 Å². The van der Waals surface area contributed by atoms with Crippen molar-refractivity contribution in [1.82, 2.24) is 15.2 Å². The van der Waals surface area contributed by atoms with Gasteiger partial charge in [-0.2, -0.15) is 4.98 Å². The summed E-state index contributed by atoms with van der Waals surface area (Å²) in [5.41, 5.74) is 0.533. The lowest BCUT2D eigenvalue weighted by atomic mass is 10.2. The fraction of sp³-hybridized carbons (Fsp3) is 0.182. The van der Waals surface area contributed by atoms with E-state index in [9.17, 15) is 4.39 Å². The molecule has 0 aliphatic carbocycles. The first-order valence-electron chi connectivity index (χ1n) is 5.08. The van der Waals surface area contributed by atoms with Crippen LogP contribution in [-0.2, 0) is 6.54 Å². The lowest BCUT2D eigenvalue weighted by Gasteiger charge is -2.18. The van der Waals surface area contributed by atoms with E-state index in [1.54, 1.807) is 30.1 Å². The highest BCUT2D eigenvalue weighted by Crippen LogP contribution is 2.22. The van der Waals surface area contributed by atoms with Crippen molar-refractivity contribution in [3.05, 3.63) is 46.1 Å². The third kappa shape index (κ3) is 2.86. The van der Waals surface area contributed by atoms with Gasteiger partial charge in [0, 0.05) is 19.2 Å². The molecule has 4 nitrogen and oxygen atoms in total. The molecular formula is C11H9Cl2FN4. The average Bonchev–Trinajstić information content (AvgIpc) is 2.35. The molecular weight excluding hydrogens is 278 g/mol. The molecule has 2 aromatic rings. The van der Waals surface area contributed by atoms with E-state index < -0.39 is 0 Å². The SMILES string of the molecule is CN(Cc1ccccc1F)c1nc(Cl)nnc1Cl. The van der Waals surface area contributed by atoms with E-state index >= 15 is 0 Å². The molecule has 0 aliphatic rings. The van der Waals surface area contributed by atoms with Crippen molar-refractivity contribution >= 4 is 29.0 Å². The Labute approximate surface area is 113 Å². The Morgan fingerprint density at radius 2 is 1.94 bits per heavy atom. The van der Waals surface area contributed by atoms with Crippen LogP contribution in [0.4, 0.5) is 10.2 Å². The minimum atomic E-state index is -0.284. The maximum atomic E-state index is 13.5. The predicted molar refractivity (Wildman–Crippen MR) is 68.4 cm³/mol. The van der Waals surface area contributed by atoms with Crippen molar-refractivity contribution in [1.29, 1.82) is 0 Å². The van der Waals surface area contributed by atoms with Crippen LogP contribution in [0.5, 0.6) is 0 Å². The number of benzene rings is 1. The third-order valence-electron chi connectivity index (χ3n) is 2.33. The molecule has 0 bridgehead atoms. The standard InChI is InChI=1S/C11H9Cl2FN4/c1-18(6-7-4-2-3-5-8(7)14)10-9(12)16-17-11(13)15-10/h2-5H,6H2,1H3. The Balaban J connectivity index is 2.25. The maximum Gasteiger partial charge on any atom is 0.245 e. The topological polar surface area (TPSA) is 41.9 Å². The molecule has 0 aliphatic heterocycles. The molecule has 0 unspecified atom stereocenters. The van der Waals surface area contributed by atoms with Crippen LogP contribution in [0.3, 0.4) is 0 Å². The van der Waals surface area contributed by atoms with Gasteiger partial charge in [-0.3, -0.25) is 0 Å². The second-order valence-electron chi connectivity index (χ2n) is 3.64. The Bertz CT molecular complexity index is 564. The number of halogens is 3. The summed E-state index contributed by atoms with van der Waals surface area (Å²) in [6.45, 7) is 0.307. The highest BCUT2D eigenvalue weighted by Gasteiger charge is 2.13.